The first kappa shape index (κ1) is 15.8. The number of H-pyrrole nitrogens is 1. The molecule has 0 aliphatic carbocycles. The Bertz CT molecular complexity index is 809. The number of carbonyl (C=O) groups excluding carboxylic acids is 1. The van der Waals surface area contributed by atoms with Gasteiger partial charge in [0.15, 0.2) is 5.76 Å². The smallest absolute Gasteiger partial charge is 0.259 e. The van der Waals surface area contributed by atoms with E-state index in [9.17, 15) is 4.79 Å². The molecule has 2 aromatic rings. The fourth-order valence-electron chi connectivity index (χ4n) is 3.27. The zero-order chi connectivity index (χ0) is 17.4. The van der Waals surface area contributed by atoms with Crippen molar-refractivity contribution in [1.29, 1.82) is 0 Å². The number of hydrogen-bond donors (Lipinski definition) is 2. The zero-order valence-corrected chi connectivity index (χ0v) is 14.3. The molecule has 2 N–H and O–H groups in total. The molecule has 25 heavy (non-hydrogen) atoms. The van der Waals surface area contributed by atoms with Crippen molar-refractivity contribution in [2.24, 2.45) is 0 Å². The van der Waals surface area contributed by atoms with Crippen LogP contribution in [0.3, 0.4) is 0 Å². The van der Waals surface area contributed by atoms with Crippen molar-refractivity contribution in [3.63, 3.8) is 0 Å². The van der Waals surface area contributed by atoms with Gasteiger partial charge in [-0.05, 0) is 38.3 Å². The summed E-state index contributed by atoms with van der Waals surface area (Å²) in [6.45, 7) is 5.14. The van der Waals surface area contributed by atoms with Gasteiger partial charge in [-0.3, -0.25) is 9.80 Å². The second-order valence-electron chi connectivity index (χ2n) is 6.53. The SMILES string of the molecule is Cc1c[nH]c(C2=CN(C3CCCN(C(=O)c4cnoc4C)C3)NO2)c1. The Labute approximate surface area is 145 Å². The van der Waals surface area contributed by atoms with Gasteiger partial charge in [0, 0.05) is 19.3 Å². The van der Waals surface area contributed by atoms with Gasteiger partial charge in [0.25, 0.3) is 5.91 Å². The second kappa shape index (κ2) is 6.29. The standard InChI is InChI=1S/C17H21N5O3/c1-11-6-15(18-7-11)16-10-22(20-25-16)13-4-3-5-21(9-13)17(23)14-8-19-24-12(14)2/h6-8,10,13,18,20H,3-5,9H2,1-2H3. The van der Waals surface area contributed by atoms with Gasteiger partial charge >= 0.3 is 0 Å². The first-order valence-corrected chi connectivity index (χ1v) is 8.40. The van der Waals surface area contributed by atoms with E-state index in [1.807, 2.05) is 35.3 Å². The number of likely N-dealkylation sites (tertiary alicyclic amines) is 1. The van der Waals surface area contributed by atoms with Crippen LogP contribution in [0.15, 0.2) is 29.2 Å². The van der Waals surface area contributed by atoms with Crippen LogP contribution in [0.2, 0.25) is 0 Å². The first-order chi connectivity index (χ1) is 12.1. The zero-order valence-electron chi connectivity index (χ0n) is 14.3. The van der Waals surface area contributed by atoms with E-state index < -0.39 is 0 Å². The average Bonchev–Trinajstić information content (AvgIpc) is 3.35. The van der Waals surface area contributed by atoms with Crippen LogP contribution in [0.25, 0.3) is 5.76 Å². The van der Waals surface area contributed by atoms with Crippen molar-refractivity contribution < 1.29 is 14.2 Å². The van der Waals surface area contributed by atoms with Gasteiger partial charge in [-0.2, -0.15) is 0 Å². The average molecular weight is 343 g/mol. The Morgan fingerprint density at radius 1 is 1.40 bits per heavy atom. The van der Waals surface area contributed by atoms with Crippen LogP contribution >= 0.6 is 0 Å². The number of hydrogen-bond acceptors (Lipinski definition) is 6. The molecule has 2 aliphatic rings. The van der Waals surface area contributed by atoms with Gasteiger partial charge in [-0.1, -0.05) is 10.7 Å². The molecule has 4 heterocycles. The van der Waals surface area contributed by atoms with Gasteiger partial charge in [-0.15, -0.1) is 0 Å². The van der Waals surface area contributed by atoms with E-state index in [0.717, 1.165) is 36.4 Å². The summed E-state index contributed by atoms with van der Waals surface area (Å²) in [6, 6.07) is 2.17. The molecular weight excluding hydrogens is 322 g/mol. The minimum atomic E-state index is -0.0345. The van der Waals surface area contributed by atoms with Crippen LogP contribution in [-0.4, -0.2) is 45.1 Å². The van der Waals surface area contributed by atoms with Crippen molar-refractivity contribution in [2.45, 2.75) is 32.7 Å². The number of aryl methyl sites for hydroxylation is 2. The lowest BCUT2D eigenvalue weighted by atomic mass is 10.0. The van der Waals surface area contributed by atoms with E-state index in [2.05, 4.69) is 15.7 Å². The molecule has 0 spiro atoms. The van der Waals surface area contributed by atoms with E-state index in [1.54, 1.807) is 6.92 Å². The van der Waals surface area contributed by atoms with Crippen molar-refractivity contribution in [2.75, 3.05) is 13.1 Å². The molecule has 8 heteroatoms. The number of hydrazine groups is 1. The molecule has 1 atom stereocenters. The number of nitrogens with zero attached hydrogens (tertiary/aromatic N) is 3. The number of carbonyl (C=O) groups is 1. The lowest BCUT2D eigenvalue weighted by molar-refractivity contribution is -0.00255. The number of aromatic nitrogens is 2. The Balaban J connectivity index is 1.46. The van der Waals surface area contributed by atoms with E-state index >= 15 is 0 Å². The molecule has 2 aliphatic heterocycles. The molecule has 0 saturated carbocycles. The third-order valence-electron chi connectivity index (χ3n) is 4.67. The quantitative estimate of drug-likeness (QED) is 0.886. The van der Waals surface area contributed by atoms with E-state index in [1.165, 1.54) is 6.20 Å². The molecule has 1 fully saturated rings. The minimum Gasteiger partial charge on any atom is -0.385 e. The molecule has 132 valence electrons. The second-order valence-corrected chi connectivity index (χ2v) is 6.53. The molecule has 0 bridgehead atoms. The highest BCUT2D eigenvalue weighted by molar-refractivity contribution is 5.94. The fourth-order valence-corrected chi connectivity index (χ4v) is 3.27. The summed E-state index contributed by atoms with van der Waals surface area (Å²) in [6.07, 6.45) is 7.28. The number of rotatable bonds is 3. The maximum absolute atomic E-state index is 12.7. The molecule has 1 amide bonds. The van der Waals surface area contributed by atoms with Crippen LogP contribution in [0.5, 0.6) is 0 Å². The summed E-state index contributed by atoms with van der Waals surface area (Å²) < 4.78 is 5.01. The first-order valence-electron chi connectivity index (χ1n) is 8.40. The van der Waals surface area contributed by atoms with Gasteiger partial charge in [0.2, 0.25) is 0 Å². The highest BCUT2D eigenvalue weighted by Crippen LogP contribution is 2.25. The van der Waals surface area contributed by atoms with Crippen molar-refractivity contribution in [3.05, 3.63) is 47.2 Å². The summed E-state index contributed by atoms with van der Waals surface area (Å²) >= 11 is 0. The van der Waals surface area contributed by atoms with E-state index in [-0.39, 0.29) is 11.9 Å². The fraction of sp³-hybridized carbons (Fsp3) is 0.412. The van der Waals surface area contributed by atoms with E-state index in [0.29, 0.717) is 17.9 Å². The number of amides is 1. The largest absolute Gasteiger partial charge is 0.385 e. The predicted octanol–water partition coefficient (Wildman–Crippen LogP) is 1.97. The minimum absolute atomic E-state index is 0.0345. The maximum atomic E-state index is 12.7. The number of piperidine rings is 1. The van der Waals surface area contributed by atoms with Crippen LogP contribution in [0, 0.1) is 13.8 Å². The molecule has 8 nitrogen and oxygen atoms in total. The number of aromatic amines is 1. The topological polar surface area (TPSA) is 86.6 Å². The third kappa shape index (κ3) is 3.00. The van der Waals surface area contributed by atoms with Gasteiger partial charge < -0.3 is 19.2 Å². The molecule has 4 rings (SSSR count). The highest BCUT2D eigenvalue weighted by Gasteiger charge is 2.31. The molecular formula is C17H21N5O3. The van der Waals surface area contributed by atoms with Gasteiger partial charge in [-0.25, -0.2) is 0 Å². The Kier molecular flexibility index (Phi) is 3.96. The van der Waals surface area contributed by atoms with Crippen molar-refractivity contribution in [3.8, 4) is 0 Å². The van der Waals surface area contributed by atoms with Crippen LogP contribution in [0.1, 0.15) is 40.2 Å². The summed E-state index contributed by atoms with van der Waals surface area (Å²) in [5.74, 6) is 1.26. The van der Waals surface area contributed by atoms with Crippen LogP contribution in [-0.2, 0) is 4.84 Å². The van der Waals surface area contributed by atoms with Gasteiger partial charge in [0.05, 0.1) is 24.1 Å². The van der Waals surface area contributed by atoms with Crippen molar-refractivity contribution >= 4 is 11.7 Å². The van der Waals surface area contributed by atoms with Gasteiger partial charge in [0.1, 0.15) is 11.3 Å². The lowest BCUT2D eigenvalue weighted by Crippen LogP contribution is -2.50. The summed E-state index contributed by atoms with van der Waals surface area (Å²) in [5, 5.41) is 5.64. The lowest BCUT2D eigenvalue weighted by Gasteiger charge is -2.36. The maximum Gasteiger partial charge on any atom is 0.259 e. The molecule has 1 unspecified atom stereocenters. The summed E-state index contributed by atoms with van der Waals surface area (Å²) in [7, 11) is 0. The predicted molar refractivity (Wildman–Crippen MR) is 89.7 cm³/mol. The highest BCUT2D eigenvalue weighted by atomic mass is 16.7. The Morgan fingerprint density at radius 2 is 2.28 bits per heavy atom. The van der Waals surface area contributed by atoms with Crippen LogP contribution in [0.4, 0.5) is 0 Å². The Morgan fingerprint density at radius 3 is 3.00 bits per heavy atom. The molecule has 2 aromatic heterocycles. The normalized spacial score (nSPS) is 20.6. The summed E-state index contributed by atoms with van der Waals surface area (Å²) in [4.78, 5) is 23.3. The monoisotopic (exact) mass is 343 g/mol. The summed E-state index contributed by atoms with van der Waals surface area (Å²) in [5.41, 5.74) is 5.55. The molecule has 0 radical (unpaired) electrons. The molecule has 0 aromatic carbocycles. The van der Waals surface area contributed by atoms with E-state index in [4.69, 9.17) is 9.36 Å². The number of nitrogens with one attached hydrogen (secondary N) is 2. The van der Waals surface area contributed by atoms with Crippen LogP contribution < -0.4 is 5.59 Å². The third-order valence-corrected chi connectivity index (χ3v) is 4.67. The van der Waals surface area contributed by atoms with Crippen molar-refractivity contribution in [1.82, 2.24) is 25.6 Å². The molecule has 1 saturated heterocycles. The Hall–Kier alpha value is -2.74.